The van der Waals surface area contributed by atoms with Gasteiger partial charge < -0.3 is 19.5 Å². The molecule has 2 aromatic rings. The van der Waals surface area contributed by atoms with E-state index in [1.54, 1.807) is 12.1 Å². The van der Waals surface area contributed by atoms with E-state index < -0.39 is 24.2 Å². The lowest BCUT2D eigenvalue weighted by Crippen LogP contribution is -2.17. The van der Waals surface area contributed by atoms with Crippen molar-refractivity contribution >= 4 is 23.3 Å². The maximum Gasteiger partial charge on any atom is 0.338 e. The van der Waals surface area contributed by atoms with Crippen LogP contribution in [0, 0.1) is 5.82 Å². The standard InChI is InChI=1S/C22H22FNO6/c1-14(25)24-16-6-9-19(20(23)11-16)21(26)13-30-22(27)15-4-7-17(8-5-15)29-12-18-3-2-10-28-18/h4-9,11,18H,2-3,10,12-13H2,1H3,(H,24,25)/t18-/m1/s1. The van der Waals surface area contributed by atoms with Gasteiger partial charge in [-0.1, -0.05) is 0 Å². The van der Waals surface area contributed by atoms with E-state index in [1.165, 1.54) is 31.2 Å². The number of carbonyl (C=O) groups is 3. The van der Waals surface area contributed by atoms with Gasteiger partial charge in [-0.15, -0.1) is 0 Å². The molecule has 1 N–H and O–H groups in total. The van der Waals surface area contributed by atoms with Crippen LogP contribution in [-0.2, 0) is 14.3 Å². The van der Waals surface area contributed by atoms with Crippen molar-refractivity contribution in [2.75, 3.05) is 25.1 Å². The molecule has 1 atom stereocenters. The highest BCUT2D eigenvalue weighted by atomic mass is 19.1. The van der Waals surface area contributed by atoms with Crippen molar-refractivity contribution in [3.05, 3.63) is 59.4 Å². The molecule has 1 saturated heterocycles. The van der Waals surface area contributed by atoms with Crippen LogP contribution in [0.25, 0.3) is 0 Å². The van der Waals surface area contributed by atoms with Crippen LogP contribution in [0.3, 0.4) is 0 Å². The number of amides is 1. The molecule has 0 aliphatic carbocycles. The van der Waals surface area contributed by atoms with Crippen LogP contribution in [0.4, 0.5) is 10.1 Å². The van der Waals surface area contributed by atoms with Gasteiger partial charge in [0.25, 0.3) is 0 Å². The maximum absolute atomic E-state index is 14.1. The van der Waals surface area contributed by atoms with Crippen LogP contribution in [0.1, 0.15) is 40.5 Å². The molecule has 1 aliphatic heterocycles. The summed E-state index contributed by atoms with van der Waals surface area (Å²) < 4.78 is 30.2. The average Bonchev–Trinajstić information content (AvgIpc) is 3.24. The molecule has 1 amide bonds. The molecule has 0 aromatic heterocycles. The fraction of sp³-hybridized carbons (Fsp3) is 0.318. The first-order chi connectivity index (χ1) is 14.4. The minimum absolute atomic E-state index is 0.0911. The third-order valence-electron chi connectivity index (χ3n) is 4.47. The van der Waals surface area contributed by atoms with E-state index in [2.05, 4.69) is 5.32 Å². The Morgan fingerprint density at radius 2 is 1.93 bits per heavy atom. The predicted molar refractivity (Wildman–Crippen MR) is 106 cm³/mol. The zero-order valence-electron chi connectivity index (χ0n) is 16.5. The second-order valence-corrected chi connectivity index (χ2v) is 6.85. The van der Waals surface area contributed by atoms with Gasteiger partial charge in [0.05, 0.1) is 17.2 Å². The van der Waals surface area contributed by atoms with E-state index in [1.807, 2.05) is 0 Å². The van der Waals surface area contributed by atoms with Crippen LogP contribution >= 0.6 is 0 Å². The van der Waals surface area contributed by atoms with Gasteiger partial charge in [-0.2, -0.15) is 0 Å². The van der Waals surface area contributed by atoms with Gasteiger partial charge in [0.1, 0.15) is 18.2 Å². The summed E-state index contributed by atoms with van der Waals surface area (Å²) in [6.07, 6.45) is 2.09. The summed E-state index contributed by atoms with van der Waals surface area (Å²) in [4.78, 5) is 35.3. The quantitative estimate of drug-likeness (QED) is 0.525. The molecule has 8 heteroatoms. The highest BCUT2D eigenvalue weighted by Gasteiger charge is 2.17. The summed E-state index contributed by atoms with van der Waals surface area (Å²) >= 11 is 0. The number of ether oxygens (including phenoxy) is 3. The zero-order valence-corrected chi connectivity index (χ0v) is 16.5. The minimum atomic E-state index is -0.810. The van der Waals surface area contributed by atoms with E-state index in [0.29, 0.717) is 12.4 Å². The van der Waals surface area contributed by atoms with Crippen LogP contribution in [-0.4, -0.2) is 43.6 Å². The number of rotatable bonds is 8. The Morgan fingerprint density at radius 1 is 1.17 bits per heavy atom. The molecule has 1 fully saturated rings. The van der Waals surface area contributed by atoms with Gasteiger partial charge in [-0.05, 0) is 55.3 Å². The number of nitrogens with one attached hydrogen (secondary N) is 1. The fourth-order valence-corrected chi connectivity index (χ4v) is 2.97. The summed E-state index contributed by atoms with van der Waals surface area (Å²) in [5, 5.41) is 2.42. The van der Waals surface area contributed by atoms with Crippen molar-refractivity contribution in [1.29, 1.82) is 0 Å². The number of hydrogen-bond acceptors (Lipinski definition) is 6. The zero-order chi connectivity index (χ0) is 21.5. The molecule has 7 nitrogen and oxygen atoms in total. The number of halogens is 1. The minimum Gasteiger partial charge on any atom is -0.491 e. The van der Waals surface area contributed by atoms with Crippen molar-refractivity contribution in [2.45, 2.75) is 25.9 Å². The number of ketones is 1. The first-order valence-electron chi connectivity index (χ1n) is 9.54. The number of anilines is 1. The molecular formula is C22H22FNO6. The van der Waals surface area contributed by atoms with Gasteiger partial charge in [0, 0.05) is 19.2 Å². The molecular weight excluding hydrogens is 393 g/mol. The second kappa shape index (κ2) is 9.98. The van der Waals surface area contributed by atoms with E-state index in [4.69, 9.17) is 14.2 Å². The molecule has 0 unspecified atom stereocenters. The van der Waals surface area contributed by atoms with Crippen LogP contribution < -0.4 is 10.1 Å². The van der Waals surface area contributed by atoms with E-state index in [-0.39, 0.29) is 28.8 Å². The summed E-state index contributed by atoms with van der Waals surface area (Å²) in [6, 6.07) is 9.99. The lowest BCUT2D eigenvalue weighted by atomic mass is 10.1. The van der Waals surface area contributed by atoms with Crippen molar-refractivity contribution in [3.63, 3.8) is 0 Å². The number of carbonyl (C=O) groups excluding carboxylic acids is 3. The van der Waals surface area contributed by atoms with Crippen molar-refractivity contribution in [1.82, 2.24) is 0 Å². The van der Waals surface area contributed by atoms with Crippen molar-refractivity contribution in [3.8, 4) is 5.75 Å². The Hall–Kier alpha value is -3.26. The highest BCUT2D eigenvalue weighted by molar-refractivity contribution is 6.00. The predicted octanol–water partition coefficient (Wildman–Crippen LogP) is 3.38. The lowest BCUT2D eigenvalue weighted by molar-refractivity contribution is -0.114. The number of Topliss-reactive ketones (excluding diaryl/α,β-unsaturated/α-hetero) is 1. The van der Waals surface area contributed by atoms with Crippen molar-refractivity contribution in [2.24, 2.45) is 0 Å². The molecule has 30 heavy (non-hydrogen) atoms. The smallest absolute Gasteiger partial charge is 0.338 e. The Labute approximate surface area is 173 Å². The molecule has 2 aromatic carbocycles. The van der Waals surface area contributed by atoms with E-state index >= 15 is 0 Å². The summed E-state index contributed by atoms with van der Waals surface area (Å²) in [5.74, 6) is -1.96. The molecule has 1 aliphatic rings. The molecule has 0 bridgehead atoms. The van der Waals surface area contributed by atoms with Gasteiger partial charge in [0.2, 0.25) is 11.7 Å². The SMILES string of the molecule is CC(=O)Nc1ccc(C(=O)COC(=O)c2ccc(OC[C@H]3CCCO3)cc2)c(F)c1. The Balaban J connectivity index is 1.50. The van der Waals surface area contributed by atoms with Gasteiger partial charge in [-0.3, -0.25) is 9.59 Å². The molecule has 0 spiro atoms. The van der Waals surface area contributed by atoms with Crippen molar-refractivity contribution < 1.29 is 33.0 Å². The highest BCUT2D eigenvalue weighted by Crippen LogP contribution is 2.18. The van der Waals surface area contributed by atoms with Crippen LogP contribution in [0.2, 0.25) is 0 Å². The summed E-state index contributed by atoms with van der Waals surface area (Å²) in [7, 11) is 0. The van der Waals surface area contributed by atoms with Gasteiger partial charge in [-0.25, -0.2) is 9.18 Å². The normalized spacial score (nSPS) is 15.5. The average molecular weight is 415 g/mol. The first kappa shape index (κ1) is 21.4. The topological polar surface area (TPSA) is 90.9 Å². The van der Waals surface area contributed by atoms with Gasteiger partial charge >= 0.3 is 5.97 Å². The number of esters is 1. The molecule has 158 valence electrons. The Bertz CT molecular complexity index is 922. The maximum atomic E-state index is 14.1. The lowest BCUT2D eigenvalue weighted by Gasteiger charge is -2.11. The third kappa shape index (κ3) is 5.87. The monoisotopic (exact) mass is 415 g/mol. The largest absolute Gasteiger partial charge is 0.491 e. The summed E-state index contributed by atoms with van der Waals surface area (Å²) in [6.45, 7) is 1.89. The fourth-order valence-electron chi connectivity index (χ4n) is 2.97. The molecule has 0 saturated carbocycles. The van der Waals surface area contributed by atoms with E-state index in [9.17, 15) is 18.8 Å². The molecule has 0 radical (unpaired) electrons. The number of benzene rings is 2. The first-order valence-corrected chi connectivity index (χ1v) is 9.54. The summed E-state index contributed by atoms with van der Waals surface area (Å²) in [5.41, 5.74) is 0.249. The third-order valence-corrected chi connectivity index (χ3v) is 4.47. The molecule has 3 rings (SSSR count). The number of hydrogen-bond donors (Lipinski definition) is 1. The van der Waals surface area contributed by atoms with Gasteiger partial charge in [0.15, 0.2) is 6.61 Å². The van der Waals surface area contributed by atoms with Crippen LogP contribution in [0.15, 0.2) is 42.5 Å². The Kier molecular flexibility index (Phi) is 7.13. The molecule has 1 heterocycles. The van der Waals surface area contributed by atoms with Crippen LogP contribution in [0.5, 0.6) is 5.75 Å². The second-order valence-electron chi connectivity index (χ2n) is 6.85. The van der Waals surface area contributed by atoms with E-state index in [0.717, 1.165) is 25.5 Å². The Morgan fingerprint density at radius 3 is 2.57 bits per heavy atom.